The minimum atomic E-state index is 0.824. The van der Waals surface area contributed by atoms with Gasteiger partial charge >= 0.3 is 0 Å². The van der Waals surface area contributed by atoms with E-state index in [1.54, 1.807) is 0 Å². The van der Waals surface area contributed by atoms with Crippen molar-refractivity contribution in [3.8, 4) is 11.1 Å². The lowest BCUT2D eigenvalue weighted by atomic mass is 9.86. The molecule has 2 aromatic rings. The maximum atomic E-state index is 6.04. The van der Waals surface area contributed by atoms with Gasteiger partial charge in [0.25, 0.3) is 0 Å². The first-order chi connectivity index (χ1) is 7.58. The molecule has 0 aliphatic rings. The fourth-order valence-corrected chi connectivity index (χ4v) is 2.47. The summed E-state index contributed by atoms with van der Waals surface area (Å²) in [5.74, 6) is 0. The molecule has 0 aromatic heterocycles. The Hall–Kier alpha value is -1.02. The summed E-state index contributed by atoms with van der Waals surface area (Å²) in [4.78, 5) is 0. The third kappa shape index (κ3) is 2.22. The predicted molar refractivity (Wildman–Crippen MR) is 74.4 cm³/mol. The van der Waals surface area contributed by atoms with E-state index in [1.165, 1.54) is 11.1 Å². The maximum absolute atomic E-state index is 6.04. The van der Waals surface area contributed by atoms with Crippen molar-refractivity contribution in [1.29, 1.82) is 0 Å². The molecule has 0 nitrogen and oxygen atoms in total. The second-order valence-electron chi connectivity index (χ2n) is 4.07. The highest BCUT2D eigenvalue weighted by Gasteiger charge is 2.05. The fourth-order valence-electron chi connectivity index (χ4n) is 1.77. The van der Waals surface area contributed by atoms with Crippen LogP contribution in [0.5, 0.6) is 0 Å². The summed E-state index contributed by atoms with van der Waals surface area (Å²) in [6.45, 7) is 4.12. The lowest BCUT2D eigenvalue weighted by Gasteiger charge is -2.10. The first-order valence-corrected chi connectivity index (χ1v) is 6.00. The van der Waals surface area contributed by atoms with Gasteiger partial charge in [-0.15, -0.1) is 0 Å². The van der Waals surface area contributed by atoms with Gasteiger partial charge in [0, 0.05) is 4.47 Å². The second-order valence-corrected chi connectivity index (χ2v) is 4.93. The van der Waals surface area contributed by atoms with Crippen LogP contribution in [0.2, 0.25) is 0 Å². The van der Waals surface area contributed by atoms with E-state index in [2.05, 4.69) is 53.2 Å². The Kier molecular flexibility index (Phi) is 3.20. The van der Waals surface area contributed by atoms with Crippen LogP contribution in [0.4, 0.5) is 0 Å². The molecular weight excluding hydrogens is 259 g/mol. The number of benzene rings is 2. The van der Waals surface area contributed by atoms with E-state index in [0.29, 0.717) is 0 Å². The Labute approximate surface area is 106 Å². The highest BCUT2D eigenvalue weighted by molar-refractivity contribution is 9.10. The Morgan fingerprint density at radius 3 is 2.00 bits per heavy atom. The van der Waals surface area contributed by atoms with Gasteiger partial charge in [0.2, 0.25) is 0 Å². The highest BCUT2D eigenvalue weighted by Crippen LogP contribution is 2.27. The van der Waals surface area contributed by atoms with Crippen molar-refractivity contribution in [2.24, 2.45) is 0 Å². The van der Waals surface area contributed by atoms with Crippen LogP contribution >= 0.6 is 15.9 Å². The zero-order chi connectivity index (χ0) is 11.7. The number of aryl methyl sites for hydroxylation is 2. The van der Waals surface area contributed by atoms with Gasteiger partial charge in [-0.2, -0.15) is 0 Å². The number of rotatable bonds is 1. The van der Waals surface area contributed by atoms with Gasteiger partial charge in [-0.05, 0) is 36.6 Å². The molecule has 0 unspecified atom stereocenters. The lowest BCUT2D eigenvalue weighted by Crippen LogP contribution is -2.07. The minimum Gasteiger partial charge on any atom is -0.0887 e. The highest BCUT2D eigenvalue weighted by atomic mass is 79.9. The van der Waals surface area contributed by atoms with Crippen LogP contribution < -0.4 is 5.46 Å². The van der Waals surface area contributed by atoms with Crippen molar-refractivity contribution < 1.29 is 0 Å². The fraction of sp³-hybridized carbons (Fsp3) is 0.143. The SMILES string of the molecule is [B]c1cc(C)ccc1-c1ccc(C)cc1Br. The van der Waals surface area contributed by atoms with Gasteiger partial charge in [-0.3, -0.25) is 0 Å². The van der Waals surface area contributed by atoms with Crippen LogP contribution in [-0.2, 0) is 0 Å². The average molecular weight is 271 g/mol. The topological polar surface area (TPSA) is 0 Å². The molecule has 0 aliphatic carbocycles. The molecule has 0 saturated carbocycles. The smallest absolute Gasteiger partial charge is 0.0887 e. The molecule has 2 radical (unpaired) electrons. The van der Waals surface area contributed by atoms with Gasteiger partial charge in [-0.25, -0.2) is 0 Å². The molecule has 2 rings (SSSR count). The molecule has 2 aromatic carbocycles. The van der Waals surface area contributed by atoms with Crippen LogP contribution in [0, 0.1) is 13.8 Å². The molecule has 0 fully saturated rings. The van der Waals surface area contributed by atoms with Gasteiger partial charge < -0.3 is 0 Å². The normalized spacial score (nSPS) is 10.4. The van der Waals surface area contributed by atoms with E-state index in [-0.39, 0.29) is 0 Å². The third-order valence-electron chi connectivity index (χ3n) is 2.62. The first-order valence-electron chi connectivity index (χ1n) is 5.20. The largest absolute Gasteiger partial charge is 0.114 e. The summed E-state index contributed by atoms with van der Waals surface area (Å²) in [7, 11) is 6.04. The monoisotopic (exact) mass is 270 g/mol. The van der Waals surface area contributed by atoms with Gasteiger partial charge in [0.05, 0.1) is 0 Å². The van der Waals surface area contributed by atoms with E-state index in [1.807, 2.05) is 13.0 Å². The van der Waals surface area contributed by atoms with Crippen LogP contribution in [0.15, 0.2) is 40.9 Å². The Bertz CT molecular complexity index is 483. The molecule has 0 aliphatic heterocycles. The van der Waals surface area contributed by atoms with Crippen molar-refractivity contribution in [2.75, 3.05) is 0 Å². The van der Waals surface area contributed by atoms with E-state index < -0.39 is 0 Å². The molecule has 0 amide bonds. The number of hydrogen-bond acceptors (Lipinski definition) is 0. The number of hydrogen-bond donors (Lipinski definition) is 0. The predicted octanol–water partition coefficient (Wildman–Crippen LogP) is 3.53. The third-order valence-corrected chi connectivity index (χ3v) is 3.28. The summed E-state index contributed by atoms with van der Waals surface area (Å²) in [5.41, 5.74) is 5.47. The standard InChI is InChI=1S/C14H12BBr/c1-9-3-5-11(13(15)7-9)12-6-4-10(2)8-14(12)16/h3-8H,1-2H3. The Morgan fingerprint density at radius 1 is 0.875 bits per heavy atom. The number of halogens is 1. The molecule has 0 atom stereocenters. The molecule has 0 spiro atoms. The van der Waals surface area contributed by atoms with Crippen molar-refractivity contribution in [3.05, 3.63) is 52.0 Å². The van der Waals surface area contributed by atoms with Crippen LogP contribution in [0.1, 0.15) is 11.1 Å². The molecule has 2 heteroatoms. The molecular formula is C14H12BBr. The zero-order valence-corrected chi connectivity index (χ0v) is 11.0. The summed E-state index contributed by atoms with van der Waals surface area (Å²) in [6, 6.07) is 12.5. The van der Waals surface area contributed by atoms with E-state index in [0.717, 1.165) is 21.1 Å². The van der Waals surface area contributed by atoms with Crippen LogP contribution in [-0.4, -0.2) is 7.85 Å². The molecule has 0 N–H and O–H groups in total. The Balaban J connectivity index is 2.59. The summed E-state index contributed by atoms with van der Waals surface area (Å²) in [6.07, 6.45) is 0. The second kappa shape index (κ2) is 4.46. The van der Waals surface area contributed by atoms with Crippen molar-refractivity contribution in [3.63, 3.8) is 0 Å². The minimum absolute atomic E-state index is 0.824. The van der Waals surface area contributed by atoms with Gasteiger partial charge in [0.15, 0.2) is 0 Å². The quantitative estimate of drug-likeness (QED) is 0.696. The zero-order valence-electron chi connectivity index (χ0n) is 9.42. The van der Waals surface area contributed by atoms with Crippen LogP contribution in [0.25, 0.3) is 11.1 Å². The van der Waals surface area contributed by atoms with Crippen molar-refractivity contribution >= 4 is 29.2 Å². The van der Waals surface area contributed by atoms with E-state index >= 15 is 0 Å². The maximum Gasteiger partial charge on any atom is 0.114 e. The van der Waals surface area contributed by atoms with E-state index in [4.69, 9.17) is 7.85 Å². The van der Waals surface area contributed by atoms with Crippen molar-refractivity contribution in [2.45, 2.75) is 13.8 Å². The average Bonchev–Trinajstić information content (AvgIpc) is 2.19. The van der Waals surface area contributed by atoms with Gasteiger partial charge in [-0.1, -0.05) is 57.3 Å². The molecule has 0 heterocycles. The lowest BCUT2D eigenvalue weighted by molar-refractivity contribution is 1.44. The summed E-state index contributed by atoms with van der Waals surface area (Å²) in [5, 5.41) is 0. The van der Waals surface area contributed by atoms with Crippen LogP contribution in [0.3, 0.4) is 0 Å². The summed E-state index contributed by atoms with van der Waals surface area (Å²) >= 11 is 3.58. The first kappa shape index (κ1) is 11.5. The molecule has 0 saturated heterocycles. The van der Waals surface area contributed by atoms with Gasteiger partial charge in [0.1, 0.15) is 7.85 Å². The molecule has 78 valence electrons. The summed E-state index contributed by atoms with van der Waals surface area (Å²) < 4.78 is 1.09. The molecule has 16 heavy (non-hydrogen) atoms. The van der Waals surface area contributed by atoms with Crippen molar-refractivity contribution in [1.82, 2.24) is 0 Å². The molecule has 0 bridgehead atoms. The van der Waals surface area contributed by atoms with E-state index in [9.17, 15) is 0 Å². The Morgan fingerprint density at radius 2 is 1.44 bits per heavy atom.